The van der Waals surface area contributed by atoms with E-state index < -0.39 is 5.41 Å². The number of esters is 1. The van der Waals surface area contributed by atoms with Crippen LogP contribution < -0.4 is 0 Å². The molecule has 0 saturated carbocycles. The van der Waals surface area contributed by atoms with Crippen molar-refractivity contribution in [2.75, 3.05) is 6.61 Å². The maximum Gasteiger partial charge on any atom is 0.313 e. The number of ether oxygens (including phenoxy) is 1. The SMILES string of the molecule is O=C1C=C(O)CC2(CCOC2=O)C1. The van der Waals surface area contributed by atoms with E-state index in [0.29, 0.717) is 13.0 Å². The number of carbonyl (C=O) groups is 2. The maximum atomic E-state index is 11.3. The predicted molar refractivity (Wildman–Crippen MR) is 43.0 cm³/mol. The number of cyclic esters (lactones) is 1. The molecule has 0 aromatic carbocycles. The van der Waals surface area contributed by atoms with E-state index in [-0.39, 0.29) is 30.4 Å². The highest BCUT2D eigenvalue weighted by Crippen LogP contribution is 2.41. The minimum Gasteiger partial charge on any atom is -0.512 e. The summed E-state index contributed by atoms with van der Waals surface area (Å²) in [5, 5.41) is 9.26. The lowest BCUT2D eigenvalue weighted by molar-refractivity contribution is -0.148. The predicted octanol–water partition coefficient (Wildman–Crippen LogP) is 0.724. The van der Waals surface area contributed by atoms with Gasteiger partial charge in [-0.25, -0.2) is 0 Å². The number of hydrogen-bond donors (Lipinski definition) is 1. The van der Waals surface area contributed by atoms with Gasteiger partial charge < -0.3 is 9.84 Å². The van der Waals surface area contributed by atoms with Crippen molar-refractivity contribution in [2.24, 2.45) is 5.41 Å². The molecule has 1 spiro atoms. The van der Waals surface area contributed by atoms with Crippen LogP contribution in [0.4, 0.5) is 0 Å². The number of allylic oxidation sites excluding steroid dienone is 2. The molecule has 1 aliphatic carbocycles. The Balaban J connectivity index is 2.31. The van der Waals surface area contributed by atoms with Crippen LogP contribution in [0.1, 0.15) is 19.3 Å². The van der Waals surface area contributed by atoms with Crippen molar-refractivity contribution >= 4 is 11.8 Å². The molecule has 13 heavy (non-hydrogen) atoms. The normalized spacial score (nSPS) is 33.4. The Bertz CT molecular complexity index is 305. The largest absolute Gasteiger partial charge is 0.512 e. The van der Waals surface area contributed by atoms with Crippen molar-refractivity contribution < 1.29 is 19.4 Å². The minimum absolute atomic E-state index is 0.00454. The molecule has 1 atom stereocenters. The molecule has 1 aliphatic heterocycles. The lowest BCUT2D eigenvalue weighted by Gasteiger charge is -2.25. The van der Waals surface area contributed by atoms with E-state index in [4.69, 9.17) is 4.74 Å². The molecular weight excluding hydrogens is 172 g/mol. The Labute approximate surface area is 75.2 Å². The molecule has 1 heterocycles. The summed E-state index contributed by atoms with van der Waals surface area (Å²) < 4.78 is 4.81. The van der Waals surface area contributed by atoms with Crippen molar-refractivity contribution in [1.29, 1.82) is 0 Å². The van der Waals surface area contributed by atoms with Crippen LogP contribution in [0, 0.1) is 5.41 Å². The van der Waals surface area contributed by atoms with Crippen LogP contribution in [0.15, 0.2) is 11.8 Å². The van der Waals surface area contributed by atoms with E-state index >= 15 is 0 Å². The van der Waals surface area contributed by atoms with Gasteiger partial charge in [-0.1, -0.05) is 0 Å². The second kappa shape index (κ2) is 2.58. The lowest BCUT2D eigenvalue weighted by Crippen LogP contribution is -2.32. The quantitative estimate of drug-likeness (QED) is 0.561. The second-order valence-corrected chi connectivity index (χ2v) is 3.62. The molecule has 2 aliphatic rings. The summed E-state index contributed by atoms with van der Waals surface area (Å²) in [5.41, 5.74) is -0.754. The van der Waals surface area contributed by atoms with Crippen molar-refractivity contribution in [1.82, 2.24) is 0 Å². The van der Waals surface area contributed by atoms with Crippen molar-refractivity contribution in [3.8, 4) is 0 Å². The van der Waals surface area contributed by atoms with Crippen LogP contribution in [0.5, 0.6) is 0 Å². The number of rotatable bonds is 0. The molecular formula is C9H10O4. The van der Waals surface area contributed by atoms with Gasteiger partial charge in [0.2, 0.25) is 0 Å². The molecule has 1 N–H and O–H groups in total. The van der Waals surface area contributed by atoms with Crippen LogP contribution in [0.2, 0.25) is 0 Å². The minimum atomic E-state index is -0.754. The van der Waals surface area contributed by atoms with Crippen LogP contribution in [-0.4, -0.2) is 23.5 Å². The second-order valence-electron chi connectivity index (χ2n) is 3.62. The van der Waals surface area contributed by atoms with Gasteiger partial charge in [-0.2, -0.15) is 0 Å². The molecule has 1 unspecified atom stereocenters. The average molecular weight is 182 g/mol. The van der Waals surface area contributed by atoms with Crippen LogP contribution in [0.3, 0.4) is 0 Å². The van der Waals surface area contributed by atoms with Crippen molar-refractivity contribution in [3.63, 3.8) is 0 Å². The molecule has 2 rings (SSSR count). The fourth-order valence-corrected chi connectivity index (χ4v) is 1.95. The first kappa shape index (κ1) is 8.29. The van der Waals surface area contributed by atoms with Crippen LogP contribution in [0.25, 0.3) is 0 Å². The van der Waals surface area contributed by atoms with Gasteiger partial charge in [0, 0.05) is 18.9 Å². The molecule has 4 nitrogen and oxygen atoms in total. The first-order valence-corrected chi connectivity index (χ1v) is 4.22. The molecule has 0 bridgehead atoms. The zero-order valence-electron chi connectivity index (χ0n) is 7.08. The zero-order chi connectivity index (χ0) is 9.47. The van der Waals surface area contributed by atoms with Crippen LogP contribution in [-0.2, 0) is 14.3 Å². The highest BCUT2D eigenvalue weighted by molar-refractivity contribution is 5.96. The summed E-state index contributed by atoms with van der Waals surface area (Å²) in [7, 11) is 0. The van der Waals surface area contributed by atoms with Gasteiger partial charge in [-0.15, -0.1) is 0 Å². The van der Waals surface area contributed by atoms with Crippen molar-refractivity contribution in [3.05, 3.63) is 11.8 Å². The van der Waals surface area contributed by atoms with E-state index in [0.717, 1.165) is 0 Å². The van der Waals surface area contributed by atoms with Gasteiger partial charge in [0.15, 0.2) is 5.78 Å². The highest BCUT2D eigenvalue weighted by atomic mass is 16.5. The summed E-state index contributed by atoms with van der Waals surface area (Å²) in [6, 6.07) is 0. The fraction of sp³-hybridized carbons (Fsp3) is 0.556. The van der Waals surface area contributed by atoms with E-state index in [2.05, 4.69) is 0 Å². The summed E-state index contributed by atoms with van der Waals surface area (Å²) in [6.45, 7) is 0.361. The van der Waals surface area contributed by atoms with E-state index in [1.807, 2.05) is 0 Å². The Hall–Kier alpha value is -1.32. The van der Waals surface area contributed by atoms with Gasteiger partial charge in [-0.05, 0) is 6.42 Å². The molecule has 70 valence electrons. The summed E-state index contributed by atoms with van der Waals surface area (Å²) in [4.78, 5) is 22.5. The summed E-state index contributed by atoms with van der Waals surface area (Å²) >= 11 is 0. The van der Waals surface area contributed by atoms with Crippen LogP contribution >= 0.6 is 0 Å². The van der Waals surface area contributed by atoms with Gasteiger partial charge in [0.05, 0.1) is 17.8 Å². The van der Waals surface area contributed by atoms with Gasteiger partial charge in [-0.3, -0.25) is 9.59 Å². The molecule has 0 aromatic heterocycles. The molecule has 0 aromatic rings. The number of ketones is 1. The average Bonchev–Trinajstić information content (AvgIpc) is 2.30. The fourth-order valence-electron chi connectivity index (χ4n) is 1.95. The third kappa shape index (κ3) is 1.22. The number of hydrogen-bond acceptors (Lipinski definition) is 4. The monoisotopic (exact) mass is 182 g/mol. The molecule has 0 radical (unpaired) electrons. The molecule has 1 fully saturated rings. The number of aliphatic hydroxyl groups excluding tert-OH is 1. The Morgan fingerprint density at radius 2 is 2.15 bits per heavy atom. The standard InChI is InChI=1S/C9H10O4/c10-6-3-7(11)5-9(4-6)1-2-13-8(9)12/h3,10H,1-2,4-5H2. The van der Waals surface area contributed by atoms with Gasteiger partial charge in [0.25, 0.3) is 0 Å². The first-order chi connectivity index (χ1) is 6.12. The van der Waals surface area contributed by atoms with E-state index in [1.165, 1.54) is 6.08 Å². The molecule has 4 heteroatoms. The lowest BCUT2D eigenvalue weighted by atomic mass is 9.75. The van der Waals surface area contributed by atoms with Crippen molar-refractivity contribution in [2.45, 2.75) is 19.3 Å². The summed E-state index contributed by atoms with van der Waals surface area (Å²) in [5.74, 6) is -0.543. The van der Waals surface area contributed by atoms with Gasteiger partial charge in [0.1, 0.15) is 0 Å². The maximum absolute atomic E-state index is 11.3. The Kier molecular flexibility index (Phi) is 1.65. The summed E-state index contributed by atoms with van der Waals surface area (Å²) in [6.07, 6.45) is 2.15. The third-order valence-electron chi connectivity index (χ3n) is 2.61. The van der Waals surface area contributed by atoms with Gasteiger partial charge >= 0.3 is 5.97 Å². The molecule has 1 saturated heterocycles. The van der Waals surface area contributed by atoms with E-state index in [9.17, 15) is 14.7 Å². The first-order valence-electron chi connectivity index (χ1n) is 4.22. The highest BCUT2D eigenvalue weighted by Gasteiger charge is 2.48. The third-order valence-corrected chi connectivity index (χ3v) is 2.61. The Morgan fingerprint density at radius 3 is 2.69 bits per heavy atom. The Morgan fingerprint density at radius 1 is 1.38 bits per heavy atom. The van der Waals surface area contributed by atoms with E-state index in [1.54, 1.807) is 0 Å². The number of carbonyl (C=O) groups excluding carboxylic acids is 2. The zero-order valence-corrected chi connectivity index (χ0v) is 7.08. The topological polar surface area (TPSA) is 63.6 Å². The number of aliphatic hydroxyl groups is 1. The smallest absolute Gasteiger partial charge is 0.313 e. The molecule has 0 amide bonds.